The molecule has 0 amide bonds. The number of benzene rings is 2. The van der Waals surface area contributed by atoms with Crippen molar-refractivity contribution in [1.82, 2.24) is 0 Å². The molecule has 0 unspecified atom stereocenters. The summed E-state index contributed by atoms with van der Waals surface area (Å²) >= 11 is 0. The quantitative estimate of drug-likeness (QED) is 0.661. The topological polar surface area (TPSA) is 40.5 Å². The summed E-state index contributed by atoms with van der Waals surface area (Å²) in [6, 6.07) is 9.36. The van der Waals surface area contributed by atoms with Crippen LogP contribution >= 0.6 is 0 Å². The largest absolute Gasteiger partial charge is 0.504 e. The predicted molar refractivity (Wildman–Crippen MR) is 66.0 cm³/mol. The maximum absolute atomic E-state index is 9.98. The van der Waals surface area contributed by atoms with E-state index in [-0.39, 0.29) is 16.9 Å². The van der Waals surface area contributed by atoms with Gasteiger partial charge in [0.05, 0.1) is 0 Å². The van der Waals surface area contributed by atoms with Crippen LogP contribution in [0.4, 0.5) is 0 Å². The number of phenolic OH excluding ortho intramolecular Hbond substituents is 2. The van der Waals surface area contributed by atoms with E-state index in [9.17, 15) is 10.2 Å². The van der Waals surface area contributed by atoms with Gasteiger partial charge in [-0.1, -0.05) is 45.0 Å². The molecule has 2 aromatic carbocycles. The third-order valence-electron chi connectivity index (χ3n) is 2.75. The molecule has 0 heterocycles. The molecule has 2 rings (SSSR count). The van der Waals surface area contributed by atoms with Crippen LogP contribution in [0.1, 0.15) is 26.3 Å². The van der Waals surface area contributed by atoms with Crippen LogP contribution in [0, 0.1) is 0 Å². The van der Waals surface area contributed by atoms with E-state index in [1.165, 1.54) is 0 Å². The minimum atomic E-state index is -0.206. The van der Waals surface area contributed by atoms with Crippen LogP contribution in [-0.4, -0.2) is 10.2 Å². The molecule has 0 aromatic heterocycles. The third-order valence-corrected chi connectivity index (χ3v) is 2.75. The summed E-state index contributed by atoms with van der Waals surface area (Å²) in [6.45, 7) is 6.07. The molecule has 0 aliphatic carbocycles. The fourth-order valence-corrected chi connectivity index (χ4v) is 2.08. The smallest absolute Gasteiger partial charge is 0.161 e. The number of hydrogen-bond donors (Lipinski definition) is 2. The SMILES string of the molecule is CC(C)(C)c1c(O)c(O)cc2ccccc12. The second-order valence-corrected chi connectivity index (χ2v) is 5.09. The predicted octanol–water partition coefficient (Wildman–Crippen LogP) is 3.55. The average Bonchev–Trinajstić information content (AvgIpc) is 2.17. The highest BCUT2D eigenvalue weighted by Crippen LogP contribution is 2.42. The molecule has 0 fully saturated rings. The van der Waals surface area contributed by atoms with E-state index in [0.29, 0.717) is 0 Å². The molecular weight excluding hydrogens is 200 g/mol. The third kappa shape index (κ3) is 1.60. The summed E-state index contributed by atoms with van der Waals surface area (Å²) in [5, 5.41) is 21.6. The first-order valence-corrected chi connectivity index (χ1v) is 5.35. The lowest BCUT2D eigenvalue weighted by atomic mass is 9.82. The Hall–Kier alpha value is -1.70. The molecule has 0 atom stereocenters. The molecule has 2 aromatic rings. The first-order valence-electron chi connectivity index (χ1n) is 5.35. The summed E-state index contributed by atoms with van der Waals surface area (Å²) in [4.78, 5) is 0. The zero-order valence-electron chi connectivity index (χ0n) is 9.78. The van der Waals surface area contributed by atoms with Crippen molar-refractivity contribution in [1.29, 1.82) is 0 Å². The Morgan fingerprint density at radius 3 is 2.25 bits per heavy atom. The number of fused-ring (bicyclic) bond motifs is 1. The normalized spacial score (nSPS) is 11.9. The van der Waals surface area contributed by atoms with Crippen LogP contribution in [-0.2, 0) is 5.41 Å². The Morgan fingerprint density at radius 1 is 1.00 bits per heavy atom. The van der Waals surface area contributed by atoms with Crippen LogP contribution in [0.25, 0.3) is 10.8 Å². The van der Waals surface area contributed by atoms with E-state index >= 15 is 0 Å². The molecule has 0 radical (unpaired) electrons. The van der Waals surface area contributed by atoms with Gasteiger partial charge in [0.25, 0.3) is 0 Å². The highest BCUT2D eigenvalue weighted by Gasteiger charge is 2.23. The minimum Gasteiger partial charge on any atom is -0.504 e. The van der Waals surface area contributed by atoms with Crippen LogP contribution in [0.3, 0.4) is 0 Å². The Balaban J connectivity index is 2.93. The van der Waals surface area contributed by atoms with Crippen LogP contribution < -0.4 is 0 Å². The lowest BCUT2D eigenvalue weighted by Crippen LogP contribution is -2.12. The van der Waals surface area contributed by atoms with Gasteiger partial charge in [0, 0.05) is 5.56 Å². The first kappa shape index (κ1) is 10.8. The highest BCUT2D eigenvalue weighted by atomic mass is 16.3. The van der Waals surface area contributed by atoms with Crippen molar-refractivity contribution >= 4 is 10.8 Å². The lowest BCUT2D eigenvalue weighted by molar-refractivity contribution is 0.391. The van der Waals surface area contributed by atoms with Gasteiger partial charge in [0.2, 0.25) is 0 Å². The van der Waals surface area contributed by atoms with Crippen LogP contribution in [0.5, 0.6) is 11.5 Å². The van der Waals surface area contributed by atoms with Crippen LogP contribution in [0.15, 0.2) is 30.3 Å². The minimum absolute atomic E-state index is 0.00815. The second-order valence-electron chi connectivity index (χ2n) is 5.09. The van der Waals surface area contributed by atoms with E-state index < -0.39 is 0 Å². The molecule has 0 spiro atoms. The summed E-state index contributed by atoms with van der Waals surface area (Å²) in [7, 11) is 0. The lowest BCUT2D eigenvalue weighted by Gasteiger charge is -2.23. The van der Waals surface area contributed by atoms with Crippen LogP contribution in [0.2, 0.25) is 0 Å². The van der Waals surface area contributed by atoms with Crippen molar-refractivity contribution in [2.24, 2.45) is 0 Å². The first-order chi connectivity index (χ1) is 7.41. The maximum atomic E-state index is 9.98. The van der Waals surface area contributed by atoms with Crippen molar-refractivity contribution in [3.63, 3.8) is 0 Å². The van der Waals surface area contributed by atoms with Crippen molar-refractivity contribution in [3.8, 4) is 11.5 Å². The maximum Gasteiger partial charge on any atom is 0.161 e. The molecule has 2 nitrogen and oxygen atoms in total. The van der Waals surface area contributed by atoms with Crippen molar-refractivity contribution in [2.75, 3.05) is 0 Å². The van der Waals surface area contributed by atoms with Gasteiger partial charge < -0.3 is 10.2 Å². The summed E-state index contributed by atoms with van der Waals surface area (Å²) in [5.41, 5.74) is 0.589. The molecule has 0 aliphatic rings. The van der Waals surface area contributed by atoms with Gasteiger partial charge >= 0.3 is 0 Å². The van der Waals surface area contributed by atoms with Crippen molar-refractivity contribution in [3.05, 3.63) is 35.9 Å². The van der Waals surface area contributed by atoms with Gasteiger partial charge in [0.15, 0.2) is 11.5 Å². The van der Waals surface area contributed by atoms with E-state index in [0.717, 1.165) is 16.3 Å². The average molecular weight is 216 g/mol. The van der Waals surface area contributed by atoms with Gasteiger partial charge in [-0.05, 0) is 22.3 Å². The molecule has 0 saturated heterocycles. The van der Waals surface area contributed by atoms with Crippen molar-refractivity contribution < 1.29 is 10.2 Å². The fourth-order valence-electron chi connectivity index (χ4n) is 2.08. The Morgan fingerprint density at radius 2 is 1.62 bits per heavy atom. The highest BCUT2D eigenvalue weighted by molar-refractivity contribution is 5.90. The Bertz CT molecular complexity index is 536. The monoisotopic (exact) mass is 216 g/mol. The van der Waals surface area contributed by atoms with Crippen molar-refractivity contribution in [2.45, 2.75) is 26.2 Å². The van der Waals surface area contributed by atoms with Gasteiger partial charge in [-0.3, -0.25) is 0 Å². The van der Waals surface area contributed by atoms with Gasteiger partial charge in [-0.25, -0.2) is 0 Å². The molecular formula is C14H16O2. The molecule has 84 valence electrons. The summed E-state index contributed by atoms with van der Waals surface area (Å²) in [5.74, 6) is -0.0603. The molecule has 2 N–H and O–H groups in total. The van der Waals surface area contributed by atoms with E-state index in [1.54, 1.807) is 6.07 Å². The second kappa shape index (κ2) is 3.41. The van der Waals surface area contributed by atoms with Gasteiger partial charge in [0.1, 0.15) is 0 Å². The van der Waals surface area contributed by atoms with E-state index in [2.05, 4.69) is 0 Å². The fraction of sp³-hybridized carbons (Fsp3) is 0.286. The summed E-state index contributed by atoms with van der Waals surface area (Å²) < 4.78 is 0. The molecule has 2 heteroatoms. The molecule has 0 bridgehead atoms. The molecule has 0 aliphatic heterocycles. The number of rotatable bonds is 0. The van der Waals surface area contributed by atoms with E-state index in [4.69, 9.17) is 0 Å². The number of hydrogen-bond acceptors (Lipinski definition) is 2. The Labute approximate surface area is 95.2 Å². The van der Waals surface area contributed by atoms with E-state index in [1.807, 2.05) is 45.0 Å². The number of aromatic hydroxyl groups is 2. The molecule has 16 heavy (non-hydrogen) atoms. The summed E-state index contributed by atoms with van der Waals surface area (Å²) in [6.07, 6.45) is 0. The van der Waals surface area contributed by atoms with Gasteiger partial charge in [-0.2, -0.15) is 0 Å². The zero-order chi connectivity index (χ0) is 11.9. The Kier molecular flexibility index (Phi) is 2.30. The standard InChI is InChI=1S/C14H16O2/c1-14(2,3)12-10-7-5-4-6-9(10)8-11(15)13(12)16/h4-8,15-16H,1-3H3. The number of phenols is 2. The zero-order valence-corrected chi connectivity index (χ0v) is 9.78. The molecule has 0 saturated carbocycles. The van der Waals surface area contributed by atoms with Gasteiger partial charge in [-0.15, -0.1) is 0 Å².